The Hall–Kier alpha value is -1.93. The standard InChI is InChI=1S/C17H15NS/c1-13-12-19-17(18-13)16(14-8-4-2-5-9-14)15-10-6-3-7-11-15/h2-12,16H,1H3. The van der Waals surface area contributed by atoms with Crippen molar-refractivity contribution in [3.8, 4) is 0 Å². The van der Waals surface area contributed by atoms with Gasteiger partial charge < -0.3 is 0 Å². The van der Waals surface area contributed by atoms with Crippen LogP contribution in [-0.4, -0.2) is 4.98 Å². The molecule has 1 aromatic heterocycles. The molecule has 0 N–H and O–H groups in total. The zero-order chi connectivity index (χ0) is 13.1. The van der Waals surface area contributed by atoms with Crippen LogP contribution in [0.15, 0.2) is 66.0 Å². The minimum Gasteiger partial charge on any atom is -0.246 e. The summed E-state index contributed by atoms with van der Waals surface area (Å²) in [5, 5.41) is 3.28. The predicted molar refractivity (Wildman–Crippen MR) is 80.7 cm³/mol. The number of nitrogens with zero attached hydrogens (tertiary/aromatic N) is 1. The number of thiazole rings is 1. The largest absolute Gasteiger partial charge is 0.246 e. The highest BCUT2D eigenvalue weighted by molar-refractivity contribution is 7.09. The van der Waals surface area contributed by atoms with Crippen LogP contribution in [0.4, 0.5) is 0 Å². The first-order valence-corrected chi connectivity index (χ1v) is 7.24. The lowest BCUT2D eigenvalue weighted by Crippen LogP contribution is -2.02. The fourth-order valence-electron chi connectivity index (χ4n) is 2.27. The normalized spacial score (nSPS) is 10.8. The molecular weight excluding hydrogens is 250 g/mol. The predicted octanol–water partition coefficient (Wildman–Crippen LogP) is 4.63. The molecule has 0 aliphatic carbocycles. The average molecular weight is 265 g/mol. The summed E-state index contributed by atoms with van der Waals surface area (Å²) in [5.41, 5.74) is 3.68. The van der Waals surface area contributed by atoms with E-state index in [1.807, 2.05) is 6.92 Å². The average Bonchev–Trinajstić information content (AvgIpc) is 2.88. The summed E-state index contributed by atoms with van der Waals surface area (Å²) in [7, 11) is 0. The number of hydrogen-bond acceptors (Lipinski definition) is 2. The Morgan fingerprint density at radius 2 is 1.37 bits per heavy atom. The van der Waals surface area contributed by atoms with Gasteiger partial charge in [0.2, 0.25) is 0 Å². The molecule has 94 valence electrons. The van der Waals surface area contributed by atoms with Crippen molar-refractivity contribution < 1.29 is 0 Å². The molecule has 0 atom stereocenters. The molecule has 19 heavy (non-hydrogen) atoms. The van der Waals surface area contributed by atoms with Crippen molar-refractivity contribution in [3.63, 3.8) is 0 Å². The van der Waals surface area contributed by atoms with E-state index in [1.54, 1.807) is 11.3 Å². The number of rotatable bonds is 3. The van der Waals surface area contributed by atoms with E-state index in [1.165, 1.54) is 11.1 Å². The zero-order valence-electron chi connectivity index (χ0n) is 10.8. The molecule has 2 heteroatoms. The van der Waals surface area contributed by atoms with Gasteiger partial charge in [0, 0.05) is 11.1 Å². The van der Waals surface area contributed by atoms with Gasteiger partial charge in [-0.05, 0) is 18.1 Å². The van der Waals surface area contributed by atoms with Crippen LogP contribution in [0.5, 0.6) is 0 Å². The molecule has 0 aliphatic heterocycles. The molecule has 1 heterocycles. The van der Waals surface area contributed by atoms with Crippen LogP contribution < -0.4 is 0 Å². The van der Waals surface area contributed by atoms with Crippen molar-refractivity contribution in [2.24, 2.45) is 0 Å². The van der Waals surface area contributed by atoms with Crippen LogP contribution in [0.2, 0.25) is 0 Å². The second kappa shape index (κ2) is 5.37. The molecule has 0 bridgehead atoms. The molecule has 0 fully saturated rings. The van der Waals surface area contributed by atoms with Crippen LogP contribution in [0.3, 0.4) is 0 Å². The number of aromatic nitrogens is 1. The molecule has 0 aliphatic rings. The molecule has 1 nitrogen and oxygen atoms in total. The fourth-order valence-corrected chi connectivity index (χ4v) is 3.22. The number of aryl methyl sites for hydroxylation is 1. The molecule has 0 saturated carbocycles. The Morgan fingerprint density at radius 3 is 1.79 bits per heavy atom. The monoisotopic (exact) mass is 265 g/mol. The lowest BCUT2D eigenvalue weighted by Gasteiger charge is -2.15. The van der Waals surface area contributed by atoms with Gasteiger partial charge in [-0.2, -0.15) is 0 Å². The molecule has 2 aromatic carbocycles. The van der Waals surface area contributed by atoms with Crippen LogP contribution in [0.25, 0.3) is 0 Å². The first kappa shape index (κ1) is 12.1. The van der Waals surface area contributed by atoms with Crippen molar-refractivity contribution >= 4 is 11.3 Å². The van der Waals surface area contributed by atoms with Crippen LogP contribution >= 0.6 is 11.3 Å². The van der Waals surface area contributed by atoms with Crippen molar-refractivity contribution in [2.75, 3.05) is 0 Å². The Bertz CT molecular complexity index is 604. The summed E-state index contributed by atoms with van der Waals surface area (Å²) in [4.78, 5) is 4.68. The number of benzene rings is 2. The minimum absolute atomic E-state index is 0.237. The lowest BCUT2D eigenvalue weighted by atomic mass is 9.92. The van der Waals surface area contributed by atoms with Crippen LogP contribution in [0.1, 0.15) is 27.7 Å². The quantitative estimate of drug-likeness (QED) is 0.672. The van der Waals surface area contributed by atoms with Crippen molar-refractivity contribution in [3.05, 3.63) is 87.9 Å². The summed E-state index contributed by atoms with van der Waals surface area (Å²) in [6.45, 7) is 2.05. The minimum atomic E-state index is 0.237. The molecule has 0 unspecified atom stereocenters. The van der Waals surface area contributed by atoms with Gasteiger partial charge in [-0.15, -0.1) is 11.3 Å². The first-order chi connectivity index (χ1) is 9.34. The van der Waals surface area contributed by atoms with Gasteiger partial charge >= 0.3 is 0 Å². The van der Waals surface area contributed by atoms with Crippen LogP contribution in [0, 0.1) is 6.92 Å². The summed E-state index contributed by atoms with van der Waals surface area (Å²) in [5.74, 6) is 0.237. The molecule has 3 aromatic rings. The highest BCUT2D eigenvalue weighted by Crippen LogP contribution is 2.33. The maximum atomic E-state index is 4.68. The topological polar surface area (TPSA) is 12.9 Å². The highest BCUT2D eigenvalue weighted by Gasteiger charge is 2.19. The van der Waals surface area contributed by atoms with Crippen molar-refractivity contribution in [2.45, 2.75) is 12.8 Å². The van der Waals surface area contributed by atoms with Gasteiger partial charge in [-0.3, -0.25) is 0 Å². The maximum absolute atomic E-state index is 4.68. The first-order valence-electron chi connectivity index (χ1n) is 6.36. The highest BCUT2D eigenvalue weighted by atomic mass is 32.1. The second-order valence-electron chi connectivity index (χ2n) is 4.58. The zero-order valence-corrected chi connectivity index (χ0v) is 11.6. The van der Waals surface area contributed by atoms with E-state index >= 15 is 0 Å². The van der Waals surface area contributed by atoms with Gasteiger partial charge in [0.25, 0.3) is 0 Å². The number of hydrogen-bond donors (Lipinski definition) is 0. The van der Waals surface area contributed by atoms with E-state index in [4.69, 9.17) is 0 Å². The van der Waals surface area contributed by atoms with E-state index in [9.17, 15) is 0 Å². The lowest BCUT2D eigenvalue weighted by molar-refractivity contribution is 0.946. The van der Waals surface area contributed by atoms with Crippen molar-refractivity contribution in [1.29, 1.82) is 0 Å². The maximum Gasteiger partial charge on any atom is 0.105 e. The van der Waals surface area contributed by atoms with E-state index < -0.39 is 0 Å². The van der Waals surface area contributed by atoms with Crippen LogP contribution in [-0.2, 0) is 0 Å². The van der Waals surface area contributed by atoms with E-state index in [0.29, 0.717) is 0 Å². The molecule has 0 spiro atoms. The summed E-state index contributed by atoms with van der Waals surface area (Å²) in [6, 6.07) is 21.2. The molecule has 0 saturated heterocycles. The smallest absolute Gasteiger partial charge is 0.105 e. The summed E-state index contributed by atoms with van der Waals surface area (Å²) in [6.07, 6.45) is 0. The van der Waals surface area contributed by atoms with E-state index in [2.05, 4.69) is 71.0 Å². The molecule has 0 radical (unpaired) electrons. The third kappa shape index (κ3) is 2.59. The van der Waals surface area contributed by atoms with Gasteiger partial charge in [0.05, 0.1) is 5.92 Å². The molecular formula is C17H15NS. The van der Waals surface area contributed by atoms with E-state index in [0.717, 1.165) is 10.7 Å². The van der Waals surface area contributed by atoms with Crippen molar-refractivity contribution in [1.82, 2.24) is 4.98 Å². The summed E-state index contributed by atoms with van der Waals surface area (Å²) < 4.78 is 0. The van der Waals surface area contributed by atoms with Gasteiger partial charge in [-0.25, -0.2) is 4.98 Å². The van der Waals surface area contributed by atoms with Gasteiger partial charge in [0.15, 0.2) is 0 Å². The second-order valence-corrected chi connectivity index (χ2v) is 5.47. The SMILES string of the molecule is Cc1csc(C(c2ccccc2)c2ccccc2)n1. The van der Waals surface area contributed by atoms with Gasteiger partial charge in [-0.1, -0.05) is 60.7 Å². The molecule has 0 amide bonds. The Kier molecular flexibility index (Phi) is 3.43. The third-order valence-electron chi connectivity index (χ3n) is 3.15. The Morgan fingerprint density at radius 1 is 0.842 bits per heavy atom. The molecule has 3 rings (SSSR count). The Labute approximate surface area is 117 Å². The fraction of sp³-hybridized carbons (Fsp3) is 0.118. The third-order valence-corrected chi connectivity index (χ3v) is 4.18. The Balaban J connectivity index is 2.11. The summed E-state index contributed by atoms with van der Waals surface area (Å²) >= 11 is 1.74. The van der Waals surface area contributed by atoms with Gasteiger partial charge in [0.1, 0.15) is 5.01 Å². The van der Waals surface area contributed by atoms with E-state index in [-0.39, 0.29) is 5.92 Å².